The third-order valence-corrected chi connectivity index (χ3v) is 4.64. The Morgan fingerprint density at radius 3 is 2.65 bits per heavy atom. The predicted molar refractivity (Wildman–Crippen MR) is 90.2 cm³/mol. The number of carbonyl (C=O) groups is 1. The standard InChI is InChI=1S/C18H30N2O3/c1-6-14-7-8-15(23-14)16(18(3,4)5)19-17(22)20-10-9-13(11-20)12(2)21/h7-8,12-13,16,21H,6,9-11H2,1-5H3,(H,19,22)/t12-,13-,16-/m0/s1. The van der Waals surface area contributed by atoms with Gasteiger partial charge in [-0.2, -0.15) is 0 Å². The molecule has 1 aromatic heterocycles. The number of aliphatic hydroxyl groups is 1. The smallest absolute Gasteiger partial charge is 0.318 e. The van der Waals surface area contributed by atoms with Crippen LogP contribution in [-0.2, 0) is 6.42 Å². The highest BCUT2D eigenvalue weighted by molar-refractivity contribution is 5.75. The van der Waals surface area contributed by atoms with Crippen LogP contribution >= 0.6 is 0 Å². The Bertz CT molecular complexity index is 531. The molecule has 3 atom stereocenters. The van der Waals surface area contributed by atoms with Crippen LogP contribution < -0.4 is 5.32 Å². The van der Waals surface area contributed by atoms with E-state index in [1.54, 1.807) is 11.8 Å². The Hall–Kier alpha value is -1.49. The van der Waals surface area contributed by atoms with Gasteiger partial charge in [-0.1, -0.05) is 27.7 Å². The molecule has 0 saturated carbocycles. The van der Waals surface area contributed by atoms with Gasteiger partial charge >= 0.3 is 6.03 Å². The van der Waals surface area contributed by atoms with Crippen molar-refractivity contribution in [2.45, 2.75) is 59.6 Å². The molecule has 1 fully saturated rings. The molecule has 0 aromatic carbocycles. The van der Waals surface area contributed by atoms with E-state index in [2.05, 4.69) is 26.1 Å². The highest BCUT2D eigenvalue weighted by Gasteiger charge is 2.34. The minimum absolute atomic E-state index is 0.0810. The predicted octanol–water partition coefficient (Wildman–Crippen LogP) is 3.34. The average molecular weight is 322 g/mol. The van der Waals surface area contributed by atoms with Crippen molar-refractivity contribution in [3.05, 3.63) is 23.7 Å². The van der Waals surface area contributed by atoms with Crippen LogP contribution in [0.15, 0.2) is 16.5 Å². The number of carbonyl (C=O) groups excluding carboxylic acids is 1. The number of nitrogens with zero attached hydrogens (tertiary/aromatic N) is 1. The Morgan fingerprint density at radius 2 is 2.17 bits per heavy atom. The van der Waals surface area contributed by atoms with Crippen molar-refractivity contribution in [2.24, 2.45) is 11.3 Å². The minimum atomic E-state index is -0.372. The normalized spacial score (nSPS) is 21.3. The molecule has 23 heavy (non-hydrogen) atoms. The van der Waals surface area contributed by atoms with Crippen LogP contribution in [0, 0.1) is 11.3 Å². The second-order valence-corrected chi connectivity index (χ2v) is 7.64. The summed E-state index contributed by atoms with van der Waals surface area (Å²) in [7, 11) is 0. The highest BCUT2D eigenvalue weighted by atomic mass is 16.3. The van der Waals surface area contributed by atoms with Gasteiger partial charge in [-0.05, 0) is 30.9 Å². The third kappa shape index (κ3) is 4.28. The Labute approximate surface area is 139 Å². The lowest BCUT2D eigenvalue weighted by molar-refractivity contribution is 0.127. The van der Waals surface area contributed by atoms with Crippen molar-refractivity contribution in [2.75, 3.05) is 13.1 Å². The van der Waals surface area contributed by atoms with E-state index in [1.807, 2.05) is 19.1 Å². The number of aliphatic hydroxyl groups excluding tert-OH is 1. The fourth-order valence-corrected chi connectivity index (χ4v) is 3.03. The maximum Gasteiger partial charge on any atom is 0.318 e. The molecular weight excluding hydrogens is 292 g/mol. The van der Waals surface area contributed by atoms with E-state index in [9.17, 15) is 9.90 Å². The summed E-state index contributed by atoms with van der Waals surface area (Å²) in [5.41, 5.74) is -0.151. The lowest BCUT2D eigenvalue weighted by Crippen LogP contribution is -2.44. The first kappa shape index (κ1) is 17.9. The molecule has 2 rings (SSSR count). The molecule has 130 valence electrons. The van der Waals surface area contributed by atoms with Gasteiger partial charge in [-0.3, -0.25) is 0 Å². The molecule has 0 unspecified atom stereocenters. The quantitative estimate of drug-likeness (QED) is 0.893. The number of furan rings is 1. The fraction of sp³-hybridized carbons (Fsp3) is 0.722. The molecule has 5 heteroatoms. The zero-order valence-corrected chi connectivity index (χ0v) is 14.9. The van der Waals surface area contributed by atoms with Gasteiger partial charge in [0.2, 0.25) is 0 Å². The monoisotopic (exact) mass is 322 g/mol. The first-order valence-corrected chi connectivity index (χ1v) is 8.54. The van der Waals surface area contributed by atoms with E-state index in [0.717, 1.165) is 24.4 Å². The molecular formula is C18H30N2O3. The van der Waals surface area contributed by atoms with E-state index in [-0.39, 0.29) is 29.5 Å². The van der Waals surface area contributed by atoms with E-state index in [4.69, 9.17) is 4.42 Å². The molecule has 0 bridgehead atoms. The summed E-state index contributed by atoms with van der Waals surface area (Å²) in [6, 6.07) is 3.67. The number of rotatable bonds is 4. The summed E-state index contributed by atoms with van der Waals surface area (Å²) >= 11 is 0. The van der Waals surface area contributed by atoms with Gasteiger partial charge in [0.05, 0.1) is 12.1 Å². The van der Waals surface area contributed by atoms with Crippen molar-refractivity contribution in [1.82, 2.24) is 10.2 Å². The summed E-state index contributed by atoms with van der Waals surface area (Å²) < 4.78 is 5.87. The average Bonchev–Trinajstić information content (AvgIpc) is 3.12. The molecule has 2 amide bonds. The Balaban J connectivity index is 2.08. The third-order valence-electron chi connectivity index (χ3n) is 4.64. The number of amides is 2. The Morgan fingerprint density at radius 1 is 1.48 bits per heavy atom. The number of likely N-dealkylation sites (tertiary alicyclic amines) is 1. The second kappa shape index (κ2) is 6.95. The van der Waals surface area contributed by atoms with Crippen molar-refractivity contribution >= 4 is 6.03 Å². The topological polar surface area (TPSA) is 65.7 Å². The van der Waals surface area contributed by atoms with Crippen LogP contribution in [0.4, 0.5) is 4.79 Å². The molecule has 0 radical (unpaired) electrons. The van der Waals surface area contributed by atoms with Gasteiger partial charge < -0.3 is 19.7 Å². The van der Waals surface area contributed by atoms with Crippen LogP contribution in [0.5, 0.6) is 0 Å². The van der Waals surface area contributed by atoms with Crippen LogP contribution in [0.3, 0.4) is 0 Å². The summed E-state index contributed by atoms with van der Waals surface area (Å²) in [4.78, 5) is 14.4. The lowest BCUT2D eigenvalue weighted by Gasteiger charge is -2.31. The van der Waals surface area contributed by atoms with E-state index >= 15 is 0 Å². The van der Waals surface area contributed by atoms with Crippen LogP contribution in [0.1, 0.15) is 58.6 Å². The Kier molecular flexibility index (Phi) is 5.40. The minimum Gasteiger partial charge on any atom is -0.464 e. The molecule has 1 saturated heterocycles. The summed E-state index contributed by atoms with van der Waals surface area (Å²) in [6.45, 7) is 11.4. The van der Waals surface area contributed by atoms with Gasteiger partial charge in [0.15, 0.2) is 0 Å². The molecule has 1 aliphatic rings. The van der Waals surface area contributed by atoms with Crippen molar-refractivity contribution in [3.63, 3.8) is 0 Å². The molecule has 5 nitrogen and oxygen atoms in total. The van der Waals surface area contributed by atoms with Crippen LogP contribution in [0.25, 0.3) is 0 Å². The lowest BCUT2D eigenvalue weighted by atomic mass is 9.85. The number of aryl methyl sites for hydroxylation is 1. The number of urea groups is 1. The maximum absolute atomic E-state index is 12.6. The van der Waals surface area contributed by atoms with E-state index in [0.29, 0.717) is 13.1 Å². The fourth-order valence-electron chi connectivity index (χ4n) is 3.03. The van der Waals surface area contributed by atoms with Crippen LogP contribution in [0.2, 0.25) is 0 Å². The highest BCUT2D eigenvalue weighted by Crippen LogP contribution is 2.34. The molecule has 0 spiro atoms. The molecule has 2 heterocycles. The molecule has 1 aromatic rings. The van der Waals surface area contributed by atoms with Crippen molar-refractivity contribution in [1.29, 1.82) is 0 Å². The number of nitrogens with one attached hydrogen (secondary N) is 1. The zero-order valence-electron chi connectivity index (χ0n) is 14.9. The number of hydrogen-bond acceptors (Lipinski definition) is 3. The van der Waals surface area contributed by atoms with E-state index < -0.39 is 0 Å². The molecule has 1 aliphatic heterocycles. The number of hydrogen-bond donors (Lipinski definition) is 2. The van der Waals surface area contributed by atoms with E-state index in [1.165, 1.54) is 0 Å². The summed E-state index contributed by atoms with van der Waals surface area (Å²) in [5.74, 6) is 1.90. The van der Waals surface area contributed by atoms with Gasteiger partial charge in [0, 0.05) is 25.4 Å². The van der Waals surface area contributed by atoms with Crippen molar-refractivity contribution in [3.8, 4) is 0 Å². The van der Waals surface area contributed by atoms with Gasteiger partial charge in [-0.15, -0.1) is 0 Å². The first-order valence-electron chi connectivity index (χ1n) is 8.54. The molecule has 2 N–H and O–H groups in total. The van der Waals surface area contributed by atoms with Gasteiger partial charge in [0.25, 0.3) is 0 Å². The first-order chi connectivity index (χ1) is 10.7. The largest absolute Gasteiger partial charge is 0.464 e. The van der Waals surface area contributed by atoms with Crippen molar-refractivity contribution < 1.29 is 14.3 Å². The SMILES string of the molecule is CCc1ccc([C@H](NC(=O)N2CC[C@H]([C@H](C)O)C2)C(C)(C)C)o1. The van der Waals surface area contributed by atoms with Crippen LogP contribution in [-0.4, -0.2) is 35.2 Å². The summed E-state index contributed by atoms with van der Waals surface area (Å²) in [5, 5.41) is 12.8. The summed E-state index contributed by atoms with van der Waals surface area (Å²) in [6.07, 6.45) is 1.32. The van der Waals surface area contributed by atoms with Gasteiger partial charge in [0.1, 0.15) is 11.5 Å². The second-order valence-electron chi connectivity index (χ2n) is 7.64. The molecule has 0 aliphatic carbocycles. The zero-order chi connectivity index (χ0) is 17.2. The maximum atomic E-state index is 12.6. The van der Waals surface area contributed by atoms with Gasteiger partial charge in [-0.25, -0.2) is 4.79 Å².